The predicted molar refractivity (Wildman–Crippen MR) is 95.3 cm³/mol. The molecule has 5 heteroatoms. The van der Waals surface area contributed by atoms with Gasteiger partial charge >= 0.3 is 0 Å². The first-order chi connectivity index (χ1) is 11.3. The third-order valence-electron chi connectivity index (χ3n) is 4.01. The average molecular weight is 332 g/mol. The molecule has 0 amide bonds. The van der Waals surface area contributed by atoms with E-state index < -0.39 is 0 Å². The van der Waals surface area contributed by atoms with Crippen molar-refractivity contribution in [3.8, 4) is 5.19 Å². The molecular formula is C18H24N2O2S. The van der Waals surface area contributed by atoms with Crippen molar-refractivity contribution in [3.05, 3.63) is 36.9 Å². The van der Waals surface area contributed by atoms with Gasteiger partial charge in [0.25, 0.3) is 5.19 Å². The highest BCUT2D eigenvalue weighted by Crippen LogP contribution is 2.28. The molecule has 1 saturated heterocycles. The van der Waals surface area contributed by atoms with Crippen LogP contribution in [0.1, 0.15) is 19.3 Å². The Kier molecular flexibility index (Phi) is 6.02. The van der Waals surface area contributed by atoms with Crippen LogP contribution in [0.15, 0.2) is 36.9 Å². The van der Waals surface area contributed by atoms with Gasteiger partial charge in [-0.05, 0) is 31.4 Å². The molecule has 0 radical (unpaired) electrons. The molecule has 4 nitrogen and oxygen atoms in total. The van der Waals surface area contributed by atoms with Crippen LogP contribution in [0.5, 0.6) is 5.19 Å². The highest BCUT2D eigenvalue weighted by molar-refractivity contribution is 7.20. The number of aromatic nitrogens is 1. The van der Waals surface area contributed by atoms with Gasteiger partial charge in [-0.15, -0.1) is 6.58 Å². The van der Waals surface area contributed by atoms with Crippen LogP contribution in [-0.2, 0) is 4.74 Å². The van der Waals surface area contributed by atoms with E-state index in [0.717, 1.165) is 62.8 Å². The van der Waals surface area contributed by atoms with Gasteiger partial charge in [0.2, 0.25) is 0 Å². The van der Waals surface area contributed by atoms with E-state index in [9.17, 15) is 0 Å². The molecular weight excluding hydrogens is 308 g/mol. The zero-order chi connectivity index (χ0) is 15.9. The second kappa shape index (κ2) is 8.43. The summed E-state index contributed by atoms with van der Waals surface area (Å²) in [5, 5.41) is 0.770. The first-order valence-electron chi connectivity index (χ1n) is 8.28. The molecule has 1 atom stereocenters. The molecule has 3 rings (SSSR count). The summed E-state index contributed by atoms with van der Waals surface area (Å²) in [6.07, 6.45) is 5.12. The number of benzene rings is 1. The fraction of sp³-hybridized carbons (Fsp3) is 0.500. The lowest BCUT2D eigenvalue weighted by Gasteiger charge is -2.25. The van der Waals surface area contributed by atoms with Crippen LogP contribution >= 0.6 is 11.3 Å². The van der Waals surface area contributed by atoms with Crippen LogP contribution in [-0.4, -0.2) is 48.8 Å². The highest BCUT2D eigenvalue weighted by Gasteiger charge is 2.18. The number of rotatable bonds is 7. The van der Waals surface area contributed by atoms with Gasteiger partial charge < -0.3 is 9.47 Å². The van der Waals surface area contributed by atoms with Crippen molar-refractivity contribution < 1.29 is 9.47 Å². The summed E-state index contributed by atoms with van der Waals surface area (Å²) in [5.41, 5.74) is 1.01. The maximum Gasteiger partial charge on any atom is 0.274 e. The van der Waals surface area contributed by atoms with E-state index in [2.05, 4.69) is 22.5 Å². The summed E-state index contributed by atoms with van der Waals surface area (Å²) in [5.74, 6) is 0. The van der Waals surface area contributed by atoms with E-state index in [4.69, 9.17) is 9.47 Å². The van der Waals surface area contributed by atoms with E-state index in [1.807, 2.05) is 24.3 Å². The molecule has 2 aromatic rings. The summed E-state index contributed by atoms with van der Waals surface area (Å²) < 4.78 is 12.9. The van der Waals surface area contributed by atoms with Crippen molar-refractivity contribution in [2.24, 2.45) is 0 Å². The first kappa shape index (κ1) is 16.4. The third kappa shape index (κ3) is 4.77. The number of hydrogen-bond donors (Lipinski definition) is 0. The van der Waals surface area contributed by atoms with Crippen LogP contribution in [0.3, 0.4) is 0 Å². The van der Waals surface area contributed by atoms with Crippen LogP contribution in [0.2, 0.25) is 0 Å². The van der Waals surface area contributed by atoms with E-state index in [1.165, 1.54) is 4.70 Å². The van der Waals surface area contributed by atoms with E-state index >= 15 is 0 Å². The second-order valence-corrected chi connectivity index (χ2v) is 6.81. The van der Waals surface area contributed by atoms with E-state index in [-0.39, 0.29) is 6.10 Å². The maximum absolute atomic E-state index is 6.22. The van der Waals surface area contributed by atoms with Gasteiger partial charge in [-0.25, -0.2) is 4.98 Å². The smallest absolute Gasteiger partial charge is 0.274 e. The average Bonchev–Trinajstić information content (AvgIpc) is 2.79. The molecule has 1 fully saturated rings. The number of hydrogen-bond acceptors (Lipinski definition) is 5. The molecule has 0 unspecified atom stereocenters. The molecule has 0 aliphatic carbocycles. The molecule has 1 aliphatic heterocycles. The van der Waals surface area contributed by atoms with Gasteiger partial charge in [0.1, 0.15) is 6.10 Å². The minimum atomic E-state index is 0.145. The van der Waals surface area contributed by atoms with Gasteiger partial charge in [-0.3, -0.25) is 4.90 Å². The minimum absolute atomic E-state index is 0.145. The fourth-order valence-corrected chi connectivity index (χ4v) is 3.68. The Bertz CT molecular complexity index is 587. The minimum Gasteiger partial charge on any atom is -0.465 e. The SMILES string of the molecule is C=CCC[C@@H](CN1CCCOCC1)Oc1nc2ccccc2s1. The summed E-state index contributed by atoms with van der Waals surface area (Å²) in [7, 11) is 0. The molecule has 1 aliphatic rings. The fourth-order valence-electron chi connectivity index (χ4n) is 2.80. The van der Waals surface area contributed by atoms with Crippen molar-refractivity contribution in [1.29, 1.82) is 0 Å². The molecule has 0 N–H and O–H groups in total. The van der Waals surface area contributed by atoms with Crippen LogP contribution in [0.25, 0.3) is 10.2 Å². The molecule has 1 aromatic carbocycles. The standard InChI is InChI=1S/C18H24N2O2S/c1-2-3-7-15(14-20-10-6-12-21-13-11-20)22-18-19-16-8-4-5-9-17(16)23-18/h2,4-5,8-9,15H,1,3,6-7,10-14H2/t15-/m0/s1. The van der Waals surface area contributed by atoms with E-state index in [0.29, 0.717) is 0 Å². The number of thiazole rings is 1. The zero-order valence-electron chi connectivity index (χ0n) is 13.4. The number of ether oxygens (including phenoxy) is 2. The summed E-state index contributed by atoms with van der Waals surface area (Å²) >= 11 is 1.62. The van der Waals surface area contributed by atoms with Gasteiger partial charge in [0.05, 0.1) is 16.8 Å². The lowest BCUT2D eigenvalue weighted by molar-refractivity contribution is 0.112. The number of para-hydroxylation sites is 1. The van der Waals surface area contributed by atoms with Gasteiger partial charge in [0, 0.05) is 26.2 Å². The maximum atomic E-state index is 6.22. The van der Waals surface area contributed by atoms with Crippen LogP contribution in [0.4, 0.5) is 0 Å². The Hall–Kier alpha value is -1.43. The summed E-state index contributed by atoms with van der Waals surface area (Å²) in [6, 6.07) is 8.17. The Balaban J connectivity index is 1.66. The molecule has 2 heterocycles. The van der Waals surface area contributed by atoms with Crippen molar-refractivity contribution >= 4 is 21.6 Å². The lowest BCUT2D eigenvalue weighted by Crippen LogP contribution is -2.37. The number of allylic oxidation sites excluding steroid dienone is 1. The largest absolute Gasteiger partial charge is 0.465 e. The number of fused-ring (bicyclic) bond motifs is 1. The van der Waals surface area contributed by atoms with Gasteiger partial charge in [-0.1, -0.05) is 29.5 Å². The lowest BCUT2D eigenvalue weighted by atomic mass is 10.2. The molecule has 124 valence electrons. The molecule has 23 heavy (non-hydrogen) atoms. The Morgan fingerprint density at radius 1 is 1.35 bits per heavy atom. The van der Waals surface area contributed by atoms with E-state index in [1.54, 1.807) is 11.3 Å². The monoisotopic (exact) mass is 332 g/mol. The van der Waals surface area contributed by atoms with Crippen LogP contribution in [0, 0.1) is 0 Å². The van der Waals surface area contributed by atoms with Crippen molar-refractivity contribution in [2.75, 3.05) is 32.8 Å². The first-order valence-corrected chi connectivity index (χ1v) is 9.10. The highest BCUT2D eigenvalue weighted by atomic mass is 32.1. The molecule has 1 aromatic heterocycles. The quantitative estimate of drug-likeness (QED) is 0.724. The third-order valence-corrected chi connectivity index (χ3v) is 4.94. The molecule has 0 saturated carbocycles. The van der Waals surface area contributed by atoms with Gasteiger partial charge in [0.15, 0.2) is 0 Å². The molecule has 0 bridgehead atoms. The van der Waals surface area contributed by atoms with Crippen molar-refractivity contribution in [3.63, 3.8) is 0 Å². The van der Waals surface area contributed by atoms with Crippen LogP contribution < -0.4 is 4.74 Å². The summed E-state index contributed by atoms with van der Waals surface area (Å²) in [4.78, 5) is 7.04. The number of nitrogens with zero attached hydrogens (tertiary/aromatic N) is 2. The Labute approximate surface area is 141 Å². The van der Waals surface area contributed by atoms with Crippen molar-refractivity contribution in [1.82, 2.24) is 9.88 Å². The topological polar surface area (TPSA) is 34.6 Å². The molecule has 0 spiro atoms. The zero-order valence-corrected chi connectivity index (χ0v) is 14.3. The Morgan fingerprint density at radius 2 is 2.26 bits per heavy atom. The summed E-state index contributed by atoms with van der Waals surface area (Å²) in [6.45, 7) is 8.50. The Morgan fingerprint density at radius 3 is 3.13 bits per heavy atom. The predicted octanol–water partition coefficient (Wildman–Crippen LogP) is 3.73. The normalized spacial score (nSPS) is 17.7. The van der Waals surface area contributed by atoms with Crippen molar-refractivity contribution in [2.45, 2.75) is 25.4 Å². The van der Waals surface area contributed by atoms with Gasteiger partial charge in [-0.2, -0.15) is 0 Å². The second-order valence-electron chi connectivity index (χ2n) is 5.82.